The summed E-state index contributed by atoms with van der Waals surface area (Å²) in [5.41, 5.74) is 5.62. The van der Waals surface area contributed by atoms with Crippen LogP contribution in [-0.4, -0.2) is 31.5 Å². The molecule has 140 valence electrons. The summed E-state index contributed by atoms with van der Waals surface area (Å²) >= 11 is 3.39. The number of hydrazine groups is 1. The van der Waals surface area contributed by atoms with Crippen molar-refractivity contribution in [3.05, 3.63) is 46.6 Å². The van der Waals surface area contributed by atoms with E-state index in [1.54, 1.807) is 13.0 Å². The monoisotopic (exact) mass is 441 g/mol. The first-order chi connectivity index (χ1) is 12.2. The molecule has 1 aliphatic heterocycles. The Hall–Kier alpha value is -1.84. The van der Waals surface area contributed by atoms with Gasteiger partial charge in [-0.3, -0.25) is 5.43 Å². The predicted molar refractivity (Wildman–Crippen MR) is 102 cm³/mol. The molecule has 2 aromatic rings. The SMILES string of the molecule is C[C@]1(NNC(=O)NCc2ccc(-c3ccc(Br)cc3)o2)CCS(=O)(=O)C1. The number of rotatable bonds is 5. The Labute approximate surface area is 160 Å². The van der Waals surface area contributed by atoms with Gasteiger partial charge in [-0.05, 0) is 37.6 Å². The molecule has 0 spiro atoms. The number of urea groups is 1. The van der Waals surface area contributed by atoms with Crippen LogP contribution >= 0.6 is 15.9 Å². The largest absolute Gasteiger partial charge is 0.459 e. The van der Waals surface area contributed by atoms with Crippen molar-refractivity contribution in [1.82, 2.24) is 16.2 Å². The number of amides is 2. The lowest BCUT2D eigenvalue weighted by Gasteiger charge is -2.24. The third kappa shape index (κ3) is 4.87. The summed E-state index contributed by atoms with van der Waals surface area (Å²) in [4.78, 5) is 11.9. The molecule has 0 radical (unpaired) electrons. The highest BCUT2D eigenvalue weighted by Crippen LogP contribution is 2.24. The second-order valence-electron chi connectivity index (χ2n) is 6.61. The van der Waals surface area contributed by atoms with Crippen LogP contribution in [0.3, 0.4) is 0 Å². The highest BCUT2D eigenvalue weighted by Gasteiger charge is 2.38. The second kappa shape index (κ2) is 7.42. The molecule has 7 nitrogen and oxygen atoms in total. The molecule has 0 bridgehead atoms. The quantitative estimate of drug-likeness (QED) is 0.619. The Morgan fingerprint density at radius 1 is 1.23 bits per heavy atom. The molecule has 0 unspecified atom stereocenters. The van der Waals surface area contributed by atoms with E-state index in [2.05, 4.69) is 32.1 Å². The number of carbonyl (C=O) groups is 1. The van der Waals surface area contributed by atoms with Crippen LogP contribution in [0.25, 0.3) is 11.3 Å². The molecule has 1 aromatic heterocycles. The van der Waals surface area contributed by atoms with Gasteiger partial charge in [0.2, 0.25) is 0 Å². The Morgan fingerprint density at radius 3 is 2.62 bits per heavy atom. The third-order valence-electron chi connectivity index (χ3n) is 4.19. The number of benzene rings is 1. The first-order valence-electron chi connectivity index (χ1n) is 8.11. The van der Waals surface area contributed by atoms with Gasteiger partial charge in [-0.15, -0.1) is 0 Å². The Balaban J connectivity index is 1.48. The zero-order chi connectivity index (χ0) is 18.8. The molecule has 1 saturated heterocycles. The van der Waals surface area contributed by atoms with Crippen molar-refractivity contribution in [3.63, 3.8) is 0 Å². The molecule has 1 fully saturated rings. The van der Waals surface area contributed by atoms with Crippen LogP contribution in [0.15, 0.2) is 45.3 Å². The van der Waals surface area contributed by atoms with E-state index in [1.165, 1.54) is 0 Å². The number of furan rings is 1. The van der Waals surface area contributed by atoms with Crippen LogP contribution in [0, 0.1) is 0 Å². The molecular weight excluding hydrogens is 422 g/mol. The average molecular weight is 442 g/mol. The van der Waals surface area contributed by atoms with E-state index in [1.807, 2.05) is 30.3 Å². The van der Waals surface area contributed by atoms with E-state index in [0.29, 0.717) is 12.2 Å². The van der Waals surface area contributed by atoms with Crippen LogP contribution in [0.1, 0.15) is 19.1 Å². The van der Waals surface area contributed by atoms with Crippen LogP contribution < -0.4 is 16.2 Å². The maximum atomic E-state index is 11.9. The van der Waals surface area contributed by atoms with Gasteiger partial charge in [-0.25, -0.2) is 18.6 Å². The summed E-state index contributed by atoms with van der Waals surface area (Å²) < 4.78 is 29.8. The summed E-state index contributed by atoms with van der Waals surface area (Å²) in [6.07, 6.45) is 0.463. The lowest BCUT2D eigenvalue weighted by molar-refractivity contribution is 0.226. The number of nitrogens with one attached hydrogen (secondary N) is 3. The van der Waals surface area contributed by atoms with Gasteiger partial charge in [-0.1, -0.05) is 28.1 Å². The number of sulfone groups is 1. The summed E-state index contributed by atoms with van der Waals surface area (Å²) in [5, 5.41) is 2.67. The van der Waals surface area contributed by atoms with Crippen LogP contribution in [0.5, 0.6) is 0 Å². The molecule has 9 heteroatoms. The molecule has 0 saturated carbocycles. The minimum atomic E-state index is -3.04. The molecule has 1 aliphatic rings. The lowest BCUT2D eigenvalue weighted by atomic mass is 10.0. The first-order valence-corrected chi connectivity index (χ1v) is 10.7. The van der Waals surface area contributed by atoms with Gasteiger partial charge in [0.1, 0.15) is 11.5 Å². The zero-order valence-electron chi connectivity index (χ0n) is 14.2. The maximum Gasteiger partial charge on any atom is 0.329 e. The highest BCUT2D eigenvalue weighted by molar-refractivity contribution is 9.10. The number of carbonyl (C=O) groups excluding carboxylic acids is 1. The zero-order valence-corrected chi connectivity index (χ0v) is 16.6. The van der Waals surface area contributed by atoms with E-state index >= 15 is 0 Å². The lowest BCUT2D eigenvalue weighted by Crippen LogP contribution is -2.55. The standard InChI is InChI=1S/C17H20BrN3O4S/c1-17(8-9-26(23,24)11-17)21-20-16(22)19-10-14-6-7-15(25-14)12-2-4-13(18)5-3-12/h2-7,21H,8-11H2,1H3,(H2,19,20,22)/t17-/m0/s1. The summed E-state index contributed by atoms with van der Waals surface area (Å²) in [7, 11) is -3.04. The second-order valence-corrected chi connectivity index (χ2v) is 9.71. The fourth-order valence-electron chi connectivity index (χ4n) is 2.77. The normalized spacial score (nSPS) is 21.5. The molecule has 26 heavy (non-hydrogen) atoms. The van der Waals surface area contributed by atoms with Gasteiger partial charge in [0.05, 0.1) is 18.1 Å². The molecule has 1 atom stereocenters. The molecule has 0 aliphatic carbocycles. The fraction of sp³-hybridized carbons (Fsp3) is 0.353. The minimum absolute atomic E-state index is 0.00894. The van der Waals surface area contributed by atoms with Crippen LogP contribution in [-0.2, 0) is 16.4 Å². The summed E-state index contributed by atoms with van der Waals surface area (Å²) in [6.45, 7) is 1.99. The number of hydrogen-bond donors (Lipinski definition) is 3. The van der Waals surface area contributed by atoms with Crippen molar-refractivity contribution >= 4 is 31.8 Å². The van der Waals surface area contributed by atoms with Gasteiger partial charge >= 0.3 is 6.03 Å². The topological polar surface area (TPSA) is 100 Å². The summed E-state index contributed by atoms with van der Waals surface area (Å²) in [5.74, 6) is 1.48. The third-order valence-corrected chi connectivity index (χ3v) is 6.63. The number of halogens is 1. The van der Waals surface area contributed by atoms with Gasteiger partial charge in [0.25, 0.3) is 0 Å². The van der Waals surface area contributed by atoms with Crippen molar-refractivity contribution in [1.29, 1.82) is 0 Å². The predicted octanol–water partition coefficient (Wildman–Crippen LogP) is 2.59. The van der Waals surface area contributed by atoms with E-state index in [-0.39, 0.29) is 18.1 Å². The van der Waals surface area contributed by atoms with Crippen molar-refractivity contribution in [3.8, 4) is 11.3 Å². The minimum Gasteiger partial charge on any atom is -0.459 e. The van der Waals surface area contributed by atoms with Crippen molar-refractivity contribution in [2.75, 3.05) is 11.5 Å². The van der Waals surface area contributed by atoms with Gasteiger partial charge in [0, 0.05) is 15.6 Å². The van der Waals surface area contributed by atoms with Crippen molar-refractivity contribution < 1.29 is 17.6 Å². The van der Waals surface area contributed by atoms with Gasteiger partial charge < -0.3 is 9.73 Å². The van der Waals surface area contributed by atoms with E-state index in [4.69, 9.17) is 4.42 Å². The van der Waals surface area contributed by atoms with Crippen LogP contribution in [0.2, 0.25) is 0 Å². The smallest absolute Gasteiger partial charge is 0.329 e. The highest BCUT2D eigenvalue weighted by atomic mass is 79.9. The number of hydrogen-bond acceptors (Lipinski definition) is 5. The van der Waals surface area contributed by atoms with Crippen LogP contribution in [0.4, 0.5) is 4.79 Å². The molecule has 3 N–H and O–H groups in total. The average Bonchev–Trinajstić information content (AvgIpc) is 3.16. The van der Waals surface area contributed by atoms with Crippen molar-refractivity contribution in [2.24, 2.45) is 0 Å². The molecule has 3 rings (SSSR count). The fourth-order valence-corrected chi connectivity index (χ4v) is 5.13. The van der Waals surface area contributed by atoms with Crippen molar-refractivity contribution in [2.45, 2.75) is 25.4 Å². The van der Waals surface area contributed by atoms with Gasteiger partial charge in [-0.2, -0.15) is 0 Å². The summed E-state index contributed by atoms with van der Waals surface area (Å²) in [6, 6.07) is 10.9. The Bertz CT molecular complexity index is 895. The molecule has 2 amide bonds. The molecular formula is C17H20BrN3O4S. The van der Waals surface area contributed by atoms with E-state index in [0.717, 1.165) is 15.8 Å². The van der Waals surface area contributed by atoms with E-state index in [9.17, 15) is 13.2 Å². The molecule has 2 heterocycles. The molecule has 1 aromatic carbocycles. The Kier molecular flexibility index (Phi) is 5.40. The Morgan fingerprint density at radius 2 is 1.96 bits per heavy atom. The van der Waals surface area contributed by atoms with E-state index < -0.39 is 21.4 Å². The maximum absolute atomic E-state index is 11.9. The first kappa shape index (κ1) is 18.9. The van der Waals surface area contributed by atoms with Gasteiger partial charge in [0.15, 0.2) is 9.84 Å².